The maximum Gasteiger partial charge on any atom is 0.246 e. The topological polar surface area (TPSA) is 599 Å². The molecule has 3 aliphatic heterocycles. The van der Waals surface area contributed by atoms with Crippen molar-refractivity contribution in [2.24, 2.45) is 11.3 Å². The number of Topliss-reactive ketones (excluding diaryl/α,β-unsaturated/α-hetero) is 1. The normalized spacial score (nSPS) is 22.4. The number of rotatable bonds is 84. The first-order chi connectivity index (χ1) is 65.4. The first-order valence-electron chi connectivity index (χ1n) is 49.4. The van der Waals surface area contributed by atoms with Gasteiger partial charge in [0.15, 0.2) is 24.7 Å². The van der Waals surface area contributed by atoms with Crippen LogP contribution in [0.1, 0.15) is 235 Å². The molecule has 3 saturated heterocycles. The molecule has 3 aliphatic rings. The van der Waals surface area contributed by atoms with Crippen molar-refractivity contribution in [1.82, 2.24) is 47.9 Å². The Kier molecular flexibility index (Phi) is 70.8. The standard InChI is InChI=1S/C93H171N9O34/c1-8-9-10-11-12-13-14-15-16-17-18-19-22-34-75(110)94-36-30-25-33-70(89(121)97-39-27-21-20-26-35-93(5,6)7)102-88(120)68(31-23-28-37-95-76(111)62-128-49-46-122-40-43-125-52-55-131-90-79(98-65(2)106)85(117)82(114)72(59-103)134-90)58-71(109)69(101-78(113)64-130-51-48-124-42-45-127-54-57-133-92-81(100-67(4)108)87(119)84(116)74(61-105)136-92)32-24-29-38-96-77(112)63-129-50-47-123-41-44-126-53-56-132-91-80(99-66(3)107)86(118)83(115)73(60-104)135-91/h68-70,72-74,79-87,90-92,103-105,114-119H,8-64H2,1-7H3,(H,94,110)(H,95,111)(H,96,112)(H,97,121)(H,98,106)(H,99,107)(H,100,108)(H,101,113)(H,102,120)/t68?,69-,70+,72+,73+,74+,79+,80+,81+,82-,83-,84-,85+,86+,87+,90+,91+,92+/m0/s1. The van der Waals surface area contributed by atoms with Crippen LogP contribution < -0.4 is 47.9 Å². The zero-order valence-electron chi connectivity index (χ0n) is 81.9. The van der Waals surface area contributed by atoms with Crippen LogP contribution in [0.3, 0.4) is 0 Å². The Morgan fingerprint density at radius 2 is 0.632 bits per heavy atom. The summed E-state index contributed by atoms with van der Waals surface area (Å²) in [6, 6.07) is -5.52. The molecule has 9 amide bonds. The van der Waals surface area contributed by atoms with Gasteiger partial charge >= 0.3 is 0 Å². The van der Waals surface area contributed by atoms with Gasteiger partial charge in [0.2, 0.25) is 53.2 Å². The maximum atomic E-state index is 15.0. The molecule has 43 nitrogen and oxygen atoms in total. The number of unbranched alkanes of at least 4 members (excludes halogenated alkanes) is 18. The van der Waals surface area contributed by atoms with E-state index in [0.29, 0.717) is 64.5 Å². The second-order valence-electron chi connectivity index (χ2n) is 35.8. The van der Waals surface area contributed by atoms with Gasteiger partial charge < -0.3 is 165 Å². The molecule has 0 aromatic carbocycles. The molecule has 0 aliphatic carbocycles. The maximum absolute atomic E-state index is 15.0. The number of carbonyl (C=O) groups is 10. The Morgan fingerprint density at radius 3 is 1.00 bits per heavy atom. The van der Waals surface area contributed by atoms with Gasteiger partial charge in [-0.15, -0.1) is 0 Å². The largest absolute Gasteiger partial charge is 0.394 e. The summed E-state index contributed by atoms with van der Waals surface area (Å²) in [6.07, 6.45) is 7.07. The van der Waals surface area contributed by atoms with Crippen LogP contribution in [-0.4, -0.2) is 394 Å². The number of carbonyl (C=O) groups excluding carboxylic acids is 10. The van der Waals surface area contributed by atoms with Crippen molar-refractivity contribution < 1.29 is 165 Å². The number of ether oxygens (including phenoxy) is 15. The van der Waals surface area contributed by atoms with Crippen LogP contribution in [0, 0.1) is 11.3 Å². The summed E-state index contributed by atoms with van der Waals surface area (Å²) < 4.78 is 83.9. The van der Waals surface area contributed by atoms with Crippen molar-refractivity contribution in [2.75, 3.05) is 185 Å². The second-order valence-corrected chi connectivity index (χ2v) is 35.8. The summed E-state index contributed by atoms with van der Waals surface area (Å²) in [6.45, 7) is 11.8. The van der Waals surface area contributed by atoms with Gasteiger partial charge in [0, 0.05) is 65.7 Å². The SMILES string of the molecule is CCCCCCCCCCCCCCCC(=O)NCCCC[C@@H](NC(=O)C(CCCCNC(=O)COCCOCCOCCO[C@@H]1O[C@H](CO)[C@H](O)[C@H](O)[C@H]1NC(C)=O)CC(=O)[C@H](CCCCNC(=O)COCCOCCOCCO[C@@H]1O[C@H](CO)[C@H](O)[C@H](O)[C@H]1NC(C)=O)NC(=O)COCCOCCOCCO[C@@H]1O[C@H](CO)[C@H](O)[C@H](O)[C@H]1NC(C)=O)C(=O)NCCCCCCC(C)(C)C. The highest BCUT2D eigenvalue weighted by molar-refractivity contribution is 5.94. The van der Waals surface area contributed by atoms with Crippen molar-refractivity contribution >= 4 is 58.9 Å². The smallest absolute Gasteiger partial charge is 0.246 e. The molecule has 1 unspecified atom stereocenters. The minimum atomic E-state index is -1.49. The van der Waals surface area contributed by atoms with Gasteiger partial charge in [-0.25, -0.2) is 0 Å². The van der Waals surface area contributed by atoms with Crippen LogP contribution in [0.4, 0.5) is 0 Å². The van der Waals surface area contributed by atoms with Crippen LogP contribution in [0.15, 0.2) is 0 Å². The molecule has 0 aromatic rings. The molecular formula is C93H171N9O34. The van der Waals surface area contributed by atoms with Gasteiger partial charge in [0.05, 0.1) is 145 Å². The van der Waals surface area contributed by atoms with E-state index in [2.05, 4.69) is 75.5 Å². The molecule has 0 aromatic heterocycles. The van der Waals surface area contributed by atoms with Crippen molar-refractivity contribution in [2.45, 2.75) is 339 Å². The van der Waals surface area contributed by atoms with Crippen LogP contribution in [0.2, 0.25) is 0 Å². The molecule has 18 atom stereocenters. The lowest BCUT2D eigenvalue weighted by molar-refractivity contribution is -0.272. The van der Waals surface area contributed by atoms with Gasteiger partial charge in [0.25, 0.3) is 0 Å². The molecule has 3 fully saturated rings. The molecule has 43 heteroatoms. The Bertz CT molecular complexity index is 3180. The average Bonchev–Trinajstić information content (AvgIpc) is 0.815. The predicted molar refractivity (Wildman–Crippen MR) is 495 cm³/mol. The molecule has 0 bridgehead atoms. The lowest BCUT2D eigenvalue weighted by Crippen LogP contribution is -2.64. The van der Waals surface area contributed by atoms with Gasteiger partial charge in [-0.3, -0.25) is 47.9 Å². The third-order valence-electron chi connectivity index (χ3n) is 22.8. The van der Waals surface area contributed by atoms with Gasteiger partial charge in [-0.1, -0.05) is 130 Å². The number of aliphatic hydroxyl groups excluding tert-OH is 9. The Morgan fingerprint density at radius 1 is 0.324 bits per heavy atom. The molecule has 3 heterocycles. The molecule has 3 rings (SSSR count). The van der Waals surface area contributed by atoms with Crippen LogP contribution in [0.25, 0.3) is 0 Å². The summed E-state index contributed by atoms with van der Waals surface area (Å²) in [5.41, 5.74) is 0.186. The second kappa shape index (κ2) is 77.6. The number of aliphatic hydroxyl groups is 9. The molecule has 0 spiro atoms. The van der Waals surface area contributed by atoms with Crippen molar-refractivity contribution in [1.29, 1.82) is 0 Å². The number of ketones is 1. The van der Waals surface area contributed by atoms with E-state index in [1.165, 1.54) is 78.6 Å². The first kappa shape index (κ1) is 124. The van der Waals surface area contributed by atoms with E-state index in [1.54, 1.807) is 0 Å². The van der Waals surface area contributed by atoms with E-state index >= 15 is 0 Å². The van der Waals surface area contributed by atoms with Gasteiger partial charge in [-0.05, 0) is 76.0 Å². The van der Waals surface area contributed by atoms with Crippen LogP contribution in [-0.2, 0) is 119 Å². The van der Waals surface area contributed by atoms with Crippen molar-refractivity contribution in [3.05, 3.63) is 0 Å². The van der Waals surface area contributed by atoms with E-state index in [1.807, 2.05) is 0 Å². The minimum absolute atomic E-state index is 0.0277. The Balaban J connectivity index is 1.71. The van der Waals surface area contributed by atoms with Crippen molar-refractivity contribution in [3.8, 4) is 0 Å². The quantitative estimate of drug-likeness (QED) is 0.0357. The van der Waals surface area contributed by atoms with Crippen LogP contribution in [0.5, 0.6) is 0 Å². The predicted octanol–water partition coefficient (Wildman–Crippen LogP) is 0.0153. The van der Waals surface area contributed by atoms with Gasteiger partial charge in [-0.2, -0.15) is 0 Å². The van der Waals surface area contributed by atoms with E-state index in [-0.39, 0.29) is 182 Å². The molecular weight excluding hydrogens is 1790 g/mol. The van der Waals surface area contributed by atoms with E-state index in [0.717, 1.165) is 51.4 Å². The molecule has 136 heavy (non-hydrogen) atoms. The lowest BCUT2D eigenvalue weighted by atomic mass is 9.89. The summed E-state index contributed by atoms with van der Waals surface area (Å²) in [5.74, 6) is -5.59. The fourth-order valence-electron chi connectivity index (χ4n) is 15.2. The number of nitrogens with one attached hydrogen (secondary N) is 9. The fraction of sp³-hybridized carbons (Fsp3) is 0.892. The molecule has 0 saturated carbocycles. The van der Waals surface area contributed by atoms with Gasteiger partial charge in [0.1, 0.15) is 98.9 Å². The van der Waals surface area contributed by atoms with Crippen molar-refractivity contribution in [3.63, 3.8) is 0 Å². The highest BCUT2D eigenvalue weighted by atomic mass is 16.7. The molecule has 792 valence electrons. The zero-order chi connectivity index (χ0) is 99.9. The molecule has 18 N–H and O–H groups in total. The summed E-state index contributed by atoms with van der Waals surface area (Å²) in [7, 11) is 0. The summed E-state index contributed by atoms with van der Waals surface area (Å²) >= 11 is 0. The highest BCUT2D eigenvalue weighted by Crippen LogP contribution is 2.28. The average molecular weight is 1960 g/mol. The Hall–Kier alpha value is -6.06. The Labute approximate surface area is 803 Å². The fourth-order valence-corrected chi connectivity index (χ4v) is 15.2. The van der Waals surface area contributed by atoms with E-state index in [4.69, 9.17) is 71.1 Å². The zero-order valence-corrected chi connectivity index (χ0v) is 81.9. The first-order valence-corrected chi connectivity index (χ1v) is 49.4. The lowest BCUT2D eigenvalue weighted by Gasteiger charge is -2.42. The summed E-state index contributed by atoms with van der Waals surface area (Å²) in [4.78, 5) is 132. The third kappa shape index (κ3) is 58.4. The number of hydrogen-bond acceptors (Lipinski definition) is 34. The number of hydrogen-bond donors (Lipinski definition) is 18. The van der Waals surface area contributed by atoms with Crippen LogP contribution >= 0.6 is 0 Å². The number of amides is 9. The van der Waals surface area contributed by atoms with E-state index < -0.39 is 189 Å². The minimum Gasteiger partial charge on any atom is -0.394 e. The monoisotopic (exact) mass is 1960 g/mol. The molecule has 0 radical (unpaired) electrons. The summed E-state index contributed by atoms with van der Waals surface area (Å²) in [5, 5.41) is 116. The highest BCUT2D eigenvalue weighted by Gasteiger charge is 2.48. The van der Waals surface area contributed by atoms with E-state index in [9.17, 15) is 93.9 Å². The third-order valence-corrected chi connectivity index (χ3v) is 22.8.